The molecule has 1 saturated heterocycles. The zero-order chi connectivity index (χ0) is 10.1. The highest BCUT2D eigenvalue weighted by Gasteiger charge is 2.29. The molecule has 0 amide bonds. The third-order valence-electron chi connectivity index (χ3n) is 3.20. The molecule has 3 rings (SSSR count). The standard InChI is InChI=1S/C11H17N3O/c1-2-9(1)12-10-3-5-14(7-10)8-11-4-6-15-13-11/h4,6,9-10,12H,1-3,5,7-8H2. The Morgan fingerprint density at radius 2 is 2.33 bits per heavy atom. The summed E-state index contributed by atoms with van der Waals surface area (Å²) in [6.07, 6.45) is 5.67. The molecular formula is C11H17N3O. The van der Waals surface area contributed by atoms with E-state index in [2.05, 4.69) is 15.4 Å². The average Bonchev–Trinajstić information content (AvgIpc) is 2.74. The van der Waals surface area contributed by atoms with Crippen molar-refractivity contribution in [2.24, 2.45) is 0 Å². The van der Waals surface area contributed by atoms with E-state index in [9.17, 15) is 0 Å². The second-order valence-electron chi connectivity index (χ2n) is 4.65. The van der Waals surface area contributed by atoms with Gasteiger partial charge < -0.3 is 9.84 Å². The minimum Gasteiger partial charge on any atom is -0.364 e. The zero-order valence-corrected chi connectivity index (χ0v) is 8.85. The normalized spacial score (nSPS) is 27.3. The first-order valence-corrected chi connectivity index (χ1v) is 5.78. The third-order valence-corrected chi connectivity index (χ3v) is 3.20. The van der Waals surface area contributed by atoms with E-state index in [-0.39, 0.29) is 0 Å². The Balaban J connectivity index is 1.48. The molecule has 1 aromatic heterocycles. The van der Waals surface area contributed by atoms with Gasteiger partial charge in [-0.3, -0.25) is 4.90 Å². The highest BCUT2D eigenvalue weighted by molar-refractivity contribution is 4.97. The first kappa shape index (κ1) is 9.36. The summed E-state index contributed by atoms with van der Waals surface area (Å²) in [6, 6.07) is 3.47. The van der Waals surface area contributed by atoms with Gasteiger partial charge in [-0.2, -0.15) is 0 Å². The van der Waals surface area contributed by atoms with Gasteiger partial charge >= 0.3 is 0 Å². The van der Waals surface area contributed by atoms with Crippen LogP contribution in [0.2, 0.25) is 0 Å². The molecule has 15 heavy (non-hydrogen) atoms. The van der Waals surface area contributed by atoms with Crippen molar-refractivity contribution in [1.82, 2.24) is 15.4 Å². The van der Waals surface area contributed by atoms with E-state index in [0.717, 1.165) is 24.8 Å². The highest BCUT2D eigenvalue weighted by Crippen LogP contribution is 2.22. The van der Waals surface area contributed by atoms with Crippen molar-refractivity contribution in [3.63, 3.8) is 0 Å². The van der Waals surface area contributed by atoms with E-state index in [1.165, 1.54) is 25.8 Å². The van der Waals surface area contributed by atoms with E-state index >= 15 is 0 Å². The summed E-state index contributed by atoms with van der Waals surface area (Å²) in [7, 11) is 0. The Morgan fingerprint density at radius 3 is 3.07 bits per heavy atom. The van der Waals surface area contributed by atoms with Crippen LogP contribution < -0.4 is 5.32 Å². The van der Waals surface area contributed by atoms with Gasteiger partial charge in [0.15, 0.2) is 0 Å². The maximum absolute atomic E-state index is 4.83. The van der Waals surface area contributed by atoms with Gasteiger partial charge in [-0.1, -0.05) is 5.16 Å². The van der Waals surface area contributed by atoms with Crippen LogP contribution in [0, 0.1) is 0 Å². The number of likely N-dealkylation sites (tertiary alicyclic amines) is 1. The fraction of sp³-hybridized carbons (Fsp3) is 0.727. The highest BCUT2D eigenvalue weighted by atomic mass is 16.5. The molecule has 82 valence electrons. The predicted molar refractivity (Wildman–Crippen MR) is 56.3 cm³/mol. The molecule has 0 bridgehead atoms. The number of nitrogens with one attached hydrogen (secondary N) is 1. The molecule has 4 heteroatoms. The van der Waals surface area contributed by atoms with Crippen molar-refractivity contribution in [3.8, 4) is 0 Å². The summed E-state index contributed by atoms with van der Waals surface area (Å²) < 4.78 is 4.83. The molecule has 1 aliphatic heterocycles. The predicted octanol–water partition coefficient (Wildman–Crippen LogP) is 1.00. The second-order valence-corrected chi connectivity index (χ2v) is 4.65. The number of aromatic nitrogens is 1. The Kier molecular flexibility index (Phi) is 2.46. The monoisotopic (exact) mass is 207 g/mol. The van der Waals surface area contributed by atoms with E-state index in [4.69, 9.17) is 4.52 Å². The van der Waals surface area contributed by atoms with Crippen molar-refractivity contribution in [2.45, 2.75) is 37.9 Å². The molecule has 1 atom stereocenters. The molecule has 0 spiro atoms. The maximum atomic E-state index is 4.83. The third kappa shape index (κ3) is 2.38. The molecular weight excluding hydrogens is 190 g/mol. The first-order chi connectivity index (χ1) is 7.40. The van der Waals surface area contributed by atoms with Gasteiger partial charge in [-0.25, -0.2) is 0 Å². The Bertz CT molecular complexity index is 308. The van der Waals surface area contributed by atoms with Crippen LogP contribution in [0.4, 0.5) is 0 Å². The van der Waals surface area contributed by atoms with Crippen LogP contribution in [0.5, 0.6) is 0 Å². The van der Waals surface area contributed by atoms with E-state index in [1.807, 2.05) is 6.07 Å². The summed E-state index contributed by atoms with van der Waals surface area (Å²) in [4.78, 5) is 2.44. The van der Waals surface area contributed by atoms with Gasteiger partial charge in [0.1, 0.15) is 6.26 Å². The van der Waals surface area contributed by atoms with Gasteiger partial charge in [-0.15, -0.1) is 0 Å². The molecule has 2 heterocycles. The SMILES string of the molecule is c1cc(CN2CCC(NC3CC3)C2)no1. The Hall–Kier alpha value is -0.870. The number of hydrogen-bond acceptors (Lipinski definition) is 4. The van der Waals surface area contributed by atoms with Crippen LogP contribution in [0.1, 0.15) is 25.0 Å². The number of hydrogen-bond donors (Lipinski definition) is 1. The summed E-state index contributed by atoms with van der Waals surface area (Å²) in [5, 5.41) is 7.62. The largest absolute Gasteiger partial charge is 0.364 e. The molecule has 1 aliphatic carbocycles. The molecule has 4 nitrogen and oxygen atoms in total. The minimum absolute atomic E-state index is 0.699. The molecule has 2 aliphatic rings. The van der Waals surface area contributed by atoms with Gasteiger partial charge in [0.25, 0.3) is 0 Å². The first-order valence-electron chi connectivity index (χ1n) is 5.78. The van der Waals surface area contributed by atoms with Crippen LogP contribution in [0.15, 0.2) is 16.9 Å². The summed E-state index contributed by atoms with van der Waals surface area (Å²) in [6.45, 7) is 3.26. The van der Waals surface area contributed by atoms with Crippen LogP contribution in [0.25, 0.3) is 0 Å². The van der Waals surface area contributed by atoms with Gasteiger partial charge in [0.05, 0.1) is 5.69 Å². The maximum Gasteiger partial charge on any atom is 0.124 e. The van der Waals surface area contributed by atoms with Crippen molar-refractivity contribution in [1.29, 1.82) is 0 Å². The smallest absolute Gasteiger partial charge is 0.124 e. The molecule has 1 unspecified atom stereocenters. The molecule has 1 N–H and O–H groups in total. The van der Waals surface area contributed by atoms with Crippen LogP contribution in [0.3, 0.4) is 0 Å². The fourth-order valence-corrected chi connectivity index (χ4v) is 2.24. The lowest BCUT2D eigenvalue weighted by atomic mass is 10.2. The second kappa shape index (κ2) is 3.94. The van der Waals surface area contributed by atoms with Crippen LogP contribution in [-0.4, -0.2) is 35.2 Å². The van der Waals surface area contributed by atoms with Crippen molar-refractivity contribution < 1.29 is 4.52 Å². The van der Waals surface area contributed by atoms with Crippen molar-refractivity contribution in [2.75, 3.05) is 13.1 Å². The van der Waals surface area contributed by atoms with Gasteiger partial charge in [-0.05, 0) is 19.3 Å². The van der Waals surface area contributed by atoms with Gasteiger partial charge in [0, 0.05) is 37.8 Å². The Labute approximate surface area is 89.6 Å². The minimum atomic E-state index is 0.699. The fourth-order valence-electron chi connectivity index (χ4n) is 2.24. The van der Waals surface area contributed by atoms with E-state index in [1.54, 1.807) is 6.26 Å². The number of nitrogens with zero attached hydrogens (tertiary/aromatic N) is 2. The van der Waals surface area contributed by atoms with E-state index < -0.39 is 0 Å². The van der Waals surface area contributed by atoms with E-state index in [0.29, 0.717) is 6.04 Å². The lowest BCUT2D eigenvalue weighted by molar-refractivity contribution is 0.304. The van der Waals surface area contributed by atoms with Crippen LogP contribution in [-0.2, 0) is 6.54 Å². The summed E-state index contributed by atoms with van der Waals surface area (Å²) >= 11 is 0. The van der Waals surface area contributed by atoms with Crippen molar-refractivity contribution in [3.05, 3.63) is 18.0 Å². The lowest BCUT2D eigenvalue weighted by Crippen LogP contribution is -2.33. The van der Waals surface area contributed by atoms with Crippen LogP contribution >= 0.6 is 0 Å². The zero-order valence-electron chi connectivity index (χ0n) is 8.85. The molecule has 0 aromatic carbocycles. The topological polar surface area (TPSA) is 41.3 Å². The molecule has 1 saturated carbocycles. The summed E-state index contributed by atoms with van der Waals surface area (Å²) in [5.41, 5.74) is 1.04. The Morgan fingerprint density at radius 1 is 1.40 bits per heavy atom. The number of rotatable bonds is 4. The molecule has 1 aromatic rings. The summed E-state index contributed by atoms with van der Waals surface area (Å²) in [5.74, 6) is 0. The quantitative estimate of drug-likeness (QED) is 0.799. The van der Waals surface area contributed by atoms with Crippen molar-refractivity contribution >= 4 is 0 Å². The lowest BCUT2D eigenvalue weighted by Gasteiger charge is -2.14. The molecule has 0 radical (unpaired) electrons. The average molecular weight is 207 g/mol. The van der Waals surface area contributed by atoms with Gasteiger partial charge in [0.2, 0.25) is 0 Å². The molecule has 2 fully saturated rings.